The Hall–Kier alpha value is -2.67. The molecule has 7 heteroatoms. The zero-order chi connectivity index (χ0) is 18.4. The van der Waals surface area contributed by atoms with Gasteiger partial charge in [-0.05, 0) is 30.3 Å². The van der Waals surface area contributed by atoms with Gasteiger partial charge in [0.05, 0.1) is 37.3 Å². The van der Waals surface area contributed by atoms with E-state index < -0.39 is 5.97 Å². The largest absolute Gasteiger partial charge is 0.490 e. The van der Waals surface area contributed by atoms with E-state index in [9.17, 15) is 9.59 Å². The first-order valence-electron chi connectivity index (χ1n) is 8.17. The van der Waals surface area contributed by atoms with E-state index in [0.717, 1.165) is 17.1 Å². The summed E-state index contributed by atoms with van der Waals surface area (Å²) < 4.78 is 16.0. The Labute approximate surface area is 155 Å². The summed E-state index contributed by atoms with van der Waals surface area (Å²) in [6.45, 7) is 1.26. The van der Waals surface area contributed by atoms with Crippen LogP contribution in [0.25, 0.3) is 0 Å². The third-order valence-corrected chi connectivity index (χ3v) is 4.69. The van der Waals surface area contributed by atoms with Crippen molar-refractivity contribution in [3.8, 4) is 11.5 Å². The molecule has 2 aromatic rings. The number of amides is 1. The number of hydrogen-bond donors (Lipinski definition) is 1. The molecule has 3 rings (SSSR count). The summed E-state index contributed by atoms with van der Waals surface area (Å²) in [6.07, 6.45) is 0.846. The maximum Gasteiger partial charge on any atom is 0.339 e. The predicted octanol–water partition coefficient (Wildman–Crippen LogP) is 3.37. The number of carbonyl (C=O) groups is 2. The van der Waals surface area contributed by atoms with Crippen LogP contribution < -0.4 is 14.8 Å². The van der Waals surface area contributed by atoms with Gasteiger partial charge in [-0.25, -0.2) is 4.79 Å². The number of carbonyl (C=O) groups excluding carboxylic acids is 2. The number of esters is 1. The van der Waals surface area contributed by atoms with Crippen molar-refractivity contribution in [1.29, 1.82) is 0 Å². The average Bonchev–Trinajstić information content (AvgIpc) is 2.91. The van der Waals surface area contributed by atoms with E-state index in [4.69, 9.17) is 14.2 Å². The molecule has 26 heavy (non-hydrogen) atoms. The molecule has 0 saturated carbocycles. The molecule has 1 aliphatic rings. The van der Waals surface area contributed by atoms with Gasteiger partial charge < -0.3 is 19.5 Å². The Morgan fingerprint density at radius 2 is 1.88 bits per heavy atom. The van der Waals surface area contributed by atoms with Crippen LogP contribution in [0.4, 0.5) is 5.69 Å². The number of fused-ring (bicyclic) bond motifs is 1. The van der Waals surface area contributed by atoms with Gasteiger partial charge in [0.15, 0.2) is 11.5 Å². The molecule has 0 spiro atoms. The molecule has 1 aliphatic heterocycles. The molecule has 0 saturated heterocycles. The van der Waals surface area contributed by atoms with Gasteiger partial charge in [-0.3, -0.25) is 4.79 Å². The highest BCUT2D eigenvalue weighted by atomic mass is 32.2. The summed E-state index contributed by atoms with van der Waals surface area (Å²) in [7, 11) is 1.31. The highest BCUT2D eigenvalue weighted by Gasteiger charge is 2.14. The van der Waals surface area contributed by atoms with E-state index in [0.29, 0.717) is 30.2 Å². The number of thioether (sulfide) groups is 1. The highest BCUT2D eigenvalue weighted by Crippen LogP contribution is 2.33. The Kier molecular flexibility index (Phi) is 6.01. The van der Waals surface area contributed by atoms with E-state index in [2.05, 4.69) is 5.32 Å². The average molecular weight is 373 g/mol. The fourth-order valence-corrected chi connectivity index (χ4v) is 3.17. The zero-order valence-electron chi connectivity index (χ0n) is 14.3. The molecule has 0 bridgehead atoms. The molecule has 1 heterocycles. The number of rotatable bonds is 5. The lowest BCUT2D eigenvalue weighted by atomic mass is 10.2. The molecule has 0 aromatic heterocycles. The van der Waals surface area contributed by atoms with Crippen molar-refractivity contribution in [3.63, 3.8) is 0 Å². The predicted molar refractivity (Wildman–Crippen MR) is 99.2 cm³/mol. The first kappa shape index (κ1) is 18.1. The van der Waals surface area contributed by atoms with Crippen LogP contribution in [0.1, 0.15) is 16.8 Å². The molecule has 0 radical (unpaired) electrons. The Balaban J connectivity index is 1.61. The lowest BCUT2D eigenvalue weighted by Crippen LogP contribution is -2.17. The van der Waals surface area contributed by atoms with E-state index in [1.807, 2.05) is 18.2 Å². The van der Waals surface area contributed by atoms with Crippen molar-refractivity contribution in [1.82, 2.24) is 0 Å². The quantitative estimate of drug-likeness (QED) is 0.640. The van der Waals surface area contributed by atoms with Crippen molar-refractivity contribution in [2.75, 3.05) is 31.4 Å². The molecule has 136 valence electrons. The number of nitrogens with one attached hydrogen (secondary N) is 1. The van der Waals surface area contributed by atoms with Gasteiger partial charge in [-0.1, -0.05) is 12.1 Å². The lowest BCUT2D eigenvalue weighted by molar-refractivity contribution is -0.113. The van der Waals surface area contributed by atoms with Crippen LogP contribution in [-0.2, 0) is 9.53 Å². The monoisotopic (exact) mass is 373 g/mol. The van der Waals surface area contributed by atoms with Crippen LogP contribution in [0.5, 0.6) is 11.5 Å². The first-order valence-corrected chi connectivity index (χ1v) is 9.15. The van der Waals surface area contributed by atoms with Crippen LogP contribution in [0, 0.1) is 0 Å². The van der Waals surface area contributed by atoms with Gasteiger partial charge in [0.1, 0.15) is 0 Å². The molecule has 0 atom stereocenters. The summed E-state index contributed by atoms with van der Waals surface area (Å²) in [6, 6.07) is 12.4. The zero-order valence-corrected chi connectivity index (χ0v) is 15.1. The van der Waals surface area contributed by atoms with E-state index in [1.54, 1.807) is 24.3 Å². The summed E-state index contributed by atoms with van der Waals surface area (Å²) in [5.41, 5.74) is 0.757. The molecule has 0 fully saturated rings. The van der Waals surface area contributed by atoms with E-state index >= 15 is 0 Å². The summed E-state index contributed by atoms with van der Waals surface area (Å²) in [5.74, 6) is 0.928. The molecule has 6 nitrogen and oxygen atoms in total. The normalized spacial score (nSPS) is 12.8. The Morgan fingerprint density at radius 3 is 2.69 bits per heavy atom. The third kappa shape index (κ3) is 4.49. The second-order valence-corrected chi connectivity index (χ2v) is 6.58. The van der Waals surface area contributed by atoms with Crippen LogP contribution in [0.3, 0.4) is 0 Å². The second-order valence-electron chi connectivity index (χ2n) is 5.53. The number of benzene rings is 2. The minimum Gasteiger partial charge on any atom is -0.490 e. The molecular weight excluding hydrogens is 354 g/mol. The van der Waals surface area contributed by atoms with Crippen molar-refractivity contribution in [2.45, 2.75) is 11.3 Å². The molecular formula is C19H19NO5S. The molecule has 0 unspecified atom stereocenters. The minimum atomic E-state index is -0.489. The second kappa shape index (κ2) is 8.62. The summed E-state index contributed by atoms with van der Waals surface area (Å²) in [5, 5.41) is 2.75. The van der Waals surface area contributed by atoms with Crippen molar-refractivity contribution in [2.24, 2.45) is 0 Å². The lowest BCUT2D eigenvalue weighted by Gasteiger charge is -2.11. The fourth-order valence-electron chi connectivity index (χ4n) is 2.45. The fraction of sp³-hybridized carbons (Fsp3) is 0.263. The van der Waals surface area contributed by atoms with E-state index in [1.165, 1.54) is 18.9 Å². The van der Waals surface area contributed by atoms with Crippen LogP contribution in [-0.4, -0.2) is 38.0 Å². The van der Waals surface area contributed by atoms with Crippen LogP contribution in [0.15, 0.2) is 47.4 Å². The number of para-hydroxylation sites is 1. The highest BCUT2D eigenvalue weighted by molar-refractivity contribution is 8.00. The van der Waals surface area contributed by atoms with Gasteiger partial charge in [0.25, 0.3) is 0 Å². The smallest absolute Gasteiger partial charge is 0.339 e. The Morgan fingerprint density at radius 1 is 1.12 bits per heavy atom. The number of ether oxygens (including phenoxy) is 3. The van der Waals surface area contributed by atoms with Crippen LogP contribution in [0.2, 0.25) is 0 Å². The number of hydrogen-bond acceptors (Lipinski definition) is 6. The molecule has 1 amide bonds. The molecule has 2 aromatic carbocycles. The van der Waals surface area contributed by atoms with Gasteiger partial charge >= 0.3 is 5.97 Å². The minimum absolute atomic E-state index is 0.204. The molecule has 1 N–H and O–H groups in total. The van der Waals surface area contributed by atoms with Crippen LogP contribution >= 0.6 is 11.8 Å². The summed E-state index contributed by atoms with van der Waals surface area (Å²) >= 11 is 1.38. The Bertz CT molecular complexity index is 808. The van der Waals surface area contributed by atoms with Crippen molar-refractivity contribution < 1.29 is 23.8 Å². The van der Waals surface area contributed by atoms with Gasteiger partial charge in [-0.2, -0.15) is 0 Å². The van der Waals surface area contributed by atoms with Gasteiger partial charge in [0.2, 0.25) is 5.91 Å². The SMILES string of the molecule is COC(=O)c1ccccc1NC(=O)CSc1ccc2c(c1)OCCCO2. The number of anilines is 1. The number of methoxy groups -OCH3 is 1. The standard InChI is InChI=1S/C19H19NO5S/c1-23-19(22)14-5-2-3-6-15(14)20-18(21)12-26-13-7-8-16-17(11-13)25-10-4-9-24-16/h2-3,5-8,11H,4,9-10,12H2,1H3,(H,20,21). The topological polar surface area (TPSA) is 73.9 Å². The van der Waals surface area contributed by atoms with Crippen molar-refractivity contribution >= 4 is 29.3 Å². The summed E-state index contributed by atoms with van der Waals surface area (Å²) in [4.78, 5) is 24.9. The first-order chi connectivity index (χ1) is 12.7. The van der Waals surface area contributed by atoms with Gasteiger partial charge in [0, 0.05) is 11.3 Å². The maximum atomic E-state index is 12.3. The third-order valence-electron chi connectivity index (χ3n) is 3.70. The molecule has 0 aliphatic carbocycles. The van der Waals surface area contributed by atoms with E-state index in [-0.39, 0.29) is 11.7 Å². The van der Waals surface area contributed by atoms with Crippen molar-refractivity contribution in [3.05, 3.63) is 48.0 Å². The maximum absolute atomic E-state index is 12.3. The van der Waals surface area contributed by atoms with Gasteiger partial charge in [-0.15, -0.1) is 11.8 Å².